The molecule has 46 heavy (non-hydrogen) atoms. The van der Waals surface area contributed by atoms with E-state index in [1.54, 1.807) is 24.3 Å². The number of rotatable bonds is 17. The van der Waals surface area contributed by atoms with Gasteiger partial charge in [0.05, 0.1) is 13.1 Å². The average molecular weight is 635 g/mol. The van der Waals surface area contributed by atoms with E-state index in [1.807, 2.05) is 36.7 Å². The lowest BCUT2D eigenvalue weighted by molar-refractivity contribution is 0.111. The third-order valence-corrected chi connectivity index (χ3v) is 5.63. The van der Waals surface area contributed by atoms with Gasteiger partial charge in [-0.25, -0.2) is 0 Å². The van der Waals surface area contributed by atoms with Gasteiger partial charge in [-0.3, -0.25) is 19.6 Å². The van der Waals surface area contributed by atoms with Crippen molar-refractivity contribution in [2.24, 2.45) is 44.4 Å². The number of carbonyl (C=O) groups excluding carboxylic acids is 2. The fraction of sp³-hybridized carbons (Fsp3) is 0.353. The molecule has 0 aliphatic rings. The summed E-state index contributed by atoms with van der Waals surface area (Å²) in [6.45, 7) is 8.54. The van der Waals surface area contributed by atoms with E-state index >= 15 is 0 Å². The Morgan fingerprint density at radius 3 is 1.04 bits per heavy atom. The molecule has 12 nitrogen and oxygen atoms in total. The highest BCUT2D eigenvalue weighted by Crippen LogP contribution is 2.04. The average Bonchev–Trinajstić information content (AvgIpc) is 3.11. The minimum Gasteiger partial charge on any atom is -0.329 e. The van der Waals surface area contributed by atoms with Crippen molar-refractivity contribution in [3.8, 4) is 0 Å². The SMILES string of the molecule is NCCN.NCCN=Cc1ccc(C=NCCN)cc1.NCCNCc1ccc(CNCCN)cc1.O=Cc1ccc(C=O)cc1. The van der Waals surface area contributed by atoms with Crippen molar-refractivity contribution in [3.63, 3.8) is 0 Å². The Labute approximate surface area is 274 Å². The van der Waals surface area contributed by atoms with Gasteiger partial charge in [0.15, 0.2) is 0 Å². The summed E-state index contributed by atoms with van der Waals surface area (Å²) in [6.07, 6.45) is 5.14. The fourth-order valence-electron chi connectivity index (χ4n) is 3.25. The summed E-state index contributed by atoms with van der Waals surface area (Å²) < 4.78 is 0. The van der Waals surface area contributed by atoms with E-state index in [4.69, 9.17) is 34.4 Å². The van der Waals surface area contributed by atoms with Crippen LogP contribution in [0.15, 0.2) is 82.8 Å². The second kappa shape index (κ2) is 31.0. The molecule has 14 N–H and O–H groups in total. The minimum atomic E-state index is 0.584. The normalized spacial score (nSPS) is 10.3. The molecule has 252 valence electrons. The molecule has 0 unspecified atom stereocenters. The number of nitrogens with zero attached hydrogens (tertiary/aromatic N) is 2. The van der Waals surface area contributed by atoms with E-state index < -0.39 is 0 Å². The molecule has 0 aromatic heterocycles. The first-order chi connectivity index (χ1) is 22.5. The van der Waals surface area contributed by atoms with Crippen molar-refractivity contribution >= 4 is 25.0 Å². The highest BCUT2D eigenvalue weighted by molar-refractivity contribution is 5.84. The van der Waals surface area contributed by atoms with Crippen molar-refractivity contribution in [1.82, 2.24) is 10.6 Å². The molecule has 0 heterocycles. The van der Waals surface area contributed by atoms with E-state index in [-0.39, 0.29) is 0 Å². The van der Waals surface area contributed by atoms with Crippen LogP contribution in [0.5, 0.6) is 0 Å². The van der Waals surface area contributed by atoms with Crippen LogP contribution in [0.2, 0.25) is 0 Å². The monoisotopic (exact) mass is 634 g/mol. The van der Waals surface area contributed by atoms with Gasteiger partial charge in [0.1, 0.15) is 12.6 Å². The highest BCUT2D eigenvalue weighted by atomic mass is 16.1. The first-order valence-corrected chi connectivity index (χ1v) is 15.3. The summed E-state index contributed by atoms with van der Waals surface area (Å²) in [5.74, 6) is 0. The van der Waals surface area contributed by atoms with Crippen molar-refractivity contribution < 1.29 is 9.59 Å². The largest absolute Gasteiger partial charge is 0.329 e. The lowest BCUT2D eigenvalue weighted by Gasteiger charge is -2.06. The molecule has 0 spiro atoms. The molecule has 0 aliphatic carbocycles. The van der Waals surface area contributed by atoms with Crippen LogP contribution in [0.1, 0.15) is 43.0 Å². The van der Waals surface area contributed by atoms with Crippen LogP contribution >= 0.6 is 0 Å². The number of aliphatic imine (C=N–C) groups is 2. The molecular formula is C34H54N10O2. The van der Waals surface area contributed by atoms with Gasteiger partial charge in [-0.2, -0.15) is 0 Å². The number of benzene rings is 3. The maximum absolute atomic E-state index is 10.1. The standard InChI is InChI=1S/C12H22N4.C12H18N4.C8H6O2.C2H8N2/c2*13-5-7-15-9-11-1-2-12(4-3-11)10-16-8-6-14;9-5-7-1-2-8(6-10)4-3-7;3-1-2-4/h1-4,15-16H,5-10,13-14H2;1-4,9-10H,5-8,13-14H2;1-6H;1-4H2. The summed E-state index contributed by atoms with van der Waals surface area (Å²) >= 11 is 0. The van der Waals surface area contributed by atoms with Crippen LogP contribution in [0.25, 0.3) is 0 Å². The Kier molecular flexibility index (Phi) is 28.3. The number of hydrogen-bond donors (Lipinski definition) is 8. The van der Waals surface area contributed by atoms with E-state index in [2.05, 4.69) is 44.9 Å². The van der Waals surface area contributed by atoms with E-state index in [0.717, 1.165) is 49.9 Å². The Balaban J connectivity index is 0.000000637. The maximum atomic E-state index is 10.1. The van der Waals surface area contributed by atoms with Crippen LogP contribution in [0.3, 0.4) is 0 Å². The molecule has 3 aromatic rings. The third-order valence-electron chi connectivity index (χ3n) is 5.63. The molecule has 0 atom stereocenters. The summed E-state index contributed by atoms with van der Waals surface area (Å²) in [5.41, 5.74) is 37.2. The smallest absolute Gasteiger partial charge is 0.150 e. The number of aldehydes is 2. The molecular weight excluding hydrogens is 580 g/mol. The zero-order valence-corrected chi connectivity index (χ0v) is 26.9. The Morgan fingerprint density at radius 2 is 0.783 bits per heavy atom. The number of nitrogens with one attached hydrogen (secondary N) is 2. The number of hydrogen-bond acceptors (Lipinski definition) is 12. The second-order valence-corrected chi connectivity index (χ2v) is 9.54. The van der Waals surface area contributed by atoms with Crippen molar-refractivity contribution in [2.75, 3.05) is 65.4 Å². The molecule has 3 aromatic carbocycles. The van der Waals surface area contributed by atoms with E-state index in [9.17, 15) is 9.59 Å². The van der Waals surface area contributed by atoms with Crippen LogP contribution in [-0.2, 0) is 13.1 Å². The Morgan fingerprint density at radius 1 is 0.457 bits per heavy atom. The van der Waals surface area contributed by atoms with Gasteiger partial charge in [0.25, 0.3) is 0 Å². The minimum absolute atomic E-state index is 0.584. The topological polar surface area (TPSA) is 239 Å². The van der Waals surface area contributed by atoms with Crippen LogP contribution < -0.4 is 45.0 Å². The molecule has 0 saturated heterocycles. The maximum Gasteiger partial charge on any atom is 0.150 e. The molecule has 3 rings (SSSR count). The molecule has 0 bridgehead atoms. The first-order valence-electron chi connectivity index (χ1n) is 15.3. The lowest BCUT2D eigenvalue weighted by atomic mass is 10.1. The van der Waals surface area contributed by atoms with Gasteiger partial charge in [-0.1, -0.05) is 72.8 Å². The van der Waals surface area contributed by atoms with Gasteiger partial charge < -0.3 is 45.0 Å². The van der Waals surface area contributed by atoms with Gasteiger partial charge >= 0.3 is 0 Å². The summed E-state index contributed by atoms with van der Waals surface area (Å²) in [6, 6.07) is 23.0. The van der Waals surface area contributed by atoms with E-state index in [0.29, 0.717) is 63.5 Å². The van der Waals surface area contributed by atoms with Crippen LogP contribution in [0.4, 0.5) is 0 Å². The molecule has 12 heteroatoms. The first kappa shape index (κ1) is 42.0. The van der Waals surface area contributed by atoms with Gasteiger partial charge in [-0.15, -0.1) is 0 Å². The highest BCUT2D eigenvalue weighted by Gasteiger charge is 1.95. The molecule has 0 radical (unpaired) electrons. The predicted octanol–water partition coefficient (Wildman–Crippen LogP) is 0.440. The Hall–Kier alpha value is -3.98. The third kappa shape index (κ3) is 23.4. The van der Waals surface area contributed by atoms with Gasteiger partial charge in [-0.05, 0) is 22.3 Å². The lowest BCUT2D eigenvalue weighted by Crippen LogP contribution is -2.22. The van der Waals surface area contributed by atoms with Crippen LogP contribution in [0, 0.1) is 0 Å². The Bertz CT molecular complexity index is 1090. The number of carbonyl (C=O) groups is 2. The summed E-state index contributed by atoms with van der Waals surface area (Å²) in [4.78, 5) is 28.6. The molecule has 0 amide bonds. The van der Waals surface area contributed by atoms with Gasteiger partial charge in [0.2, 0.25) is 0 Å². The quantitative estimate of drug-likeness (QED) is 0.0579. The van der Waals surface area contributed by atoms with Crippen molar-refractivity contribution in [3.05, 3.63) is 106 Å². The number of nitrogens with two attached hydrogens (primary N) is 6. The summed E-state index contributed by atoms with van der Waals surface area (Å²) in [7, 11) is 0. The van der Waals surface area contributed by atoms with Crippen molar-refractivity contribution in [1.29, 1.82) is 0 Å². The zero-order chi connectivity index (χ0) is 34.1. The fourth-order valence-corrected chi connectivity index (χ4v) is 3.25. The molecule has 0 aliphatic heterocycles. The van der Waals surface area contributed by atoms with E-state index in [1.165, 1.54) is 11.1 Å². The molecule has 0 fully saturated rings. The second-order valence-electron chi connectivity index (χ2n) is 9.54. The van der Waals surface area contributed by atoms with Gasteiger partial charge in [0, 0.05) is 89.0 Å². The molecule has 0 saturated carbocycles. The summed E-state index contributed by atoms with van der Waals surface area (Å²) in [5, 5.41) is 6.53. The predicted molar refractivity (Wildman–Crippen MR) is 193 cm³/mol. The van der Waals surface area contributed by atoms with Crippen LogP contribution in [-0.4, -0.2) is 90.4 Å². The van der Waals surface area contributed by atoms with Crippen molar-refractivity contribution in [2.45, 2.75) is 13.1 Å². The zero-order valence-electron chi connectivity index (χ0n) is 26.9.